The molecule has 0 aliphatic heterocycles. The monoisotopic (exact) mass is 359 g/mol. The molecule has 0 fully saturated rings. The summed E-state index contributed by atoms with van der Waals surface area (Å²) in [7, 11) is 3.47. The number of aromatic nitrogens is 3. The van der Waals surface area contributed by atoms with E-state index in [9.17, 15) is 0 Å². The third-order valence-electron chi connectivity index (χ3n) is 3.93. The van der Waals surface area contributed by atoms with Crippen molar-refractivity contribution in [2.24, 2.45) is 4.99 Å². The fourth-order valence-corrected chi connectivity index (χ4v) is 2.48. The Morgan fingerprint density at radius 3 is 2.69 bits per heavy atom. The molecular formula is C18H29N7O. The average molecular weight is 359 g/mol. The molecule has 8 heteroatoms. The van der Waals surface area contributed by atoms with Crippen LogP contribution in [0.2, 0.25) is 0 Å². The van der Waals surface area contributed by atoms with Gasteiger partial charge < -0.3 is 25.3 Å². The van der Waals surface area contributed by atoms with Crippen LogP contribution in [0.4, 0.5) is 5.69 Å². The molecule has 2 rings (SSSR count). The summed E-state index contributed by atoms with van der Waals surface area (Å²) in [5.41, 5.74) is 2.28. The van der Waals surface area contributed by atoms with Crippen molar-refractivity contribution in [2.75, 3.05) is 39.2 Å². The van der Waals surface area contributed by atoms with Gasteiger partial charge in [-0.1, -0.05) is 19.1 Å². The van der Waals surface area contributed by atoms with E-state index in [1.807, 2.05) is 0 Å². The Bertz CT molecular complexity index is 666. The second kappa shape index (κ2) is 11.1. The number of benzene rings is 1. The first kappa shape index (κ1) is 19.7. The lowest BCUT2D eigenvalue weighted by molar-refractivity contribution is 0.211. The molecule has 0 spiro atoms. The molecule has 8 nitrogen and oxygen atoms in total. The van der Waals surface area contributed by atoms with Gasteiger partial charge in [0.25, 0.3) is 0 Å². The topological polar surface area (TPSA) is 88.4 Å². The number of ether oxygens (including phenoxy) is 1. The Balaban J connectivity index is 1.72. The van der Waals surface area contributed by atoms with Gasteiger partial charge in [-0.25, -0.2) is 0 Å². The van der Waals surface area contributed by atoms with E-state index in [0.717, 1.165) is 43.5 Å². The van der Waals surface area contributed by atoms with Crippen molar-refractivity contribution in [3.8, 4) is 0 Å². The Hall–Kier alpha value is -2.61. The second-order valence-corrected chi connectivity index (χ2v) is 5.76. The Labute approximate surface area is 155 Å². The van der Waals surface area contributed by atoms with Crippen LogP contribution in [0.25, 0.3) is 0 Å². The highest BCUT2D eigenvalue weighted by molar-refractivity contribution is 5.79. The number of hydrogen-bond donors (Lipinski definition) is 3. The molecule has 26 heavy (non-hydrogen) atoms. The van der Waals surface area contributed by atoms with E-state index in [-0.39, 0.29) is 0 Å². The number of methoxy groups -OCH3 is 1. The molecule has 0 aliphatic carbocycles. The molecule has 1 aromatic heterocycles. The lowest BCUT2D eigenvalue weighted by atomic mass is 10.2. The zero-order valence-electron chi connectivity index (χ0n) is 15.8. The minimum Gasteiger partial charge on any atom is -0.383 e. The maximum absolute atomic E-state index is 5.03. The minimum atomic E-state index is 0.695. The van der Waals surface area contributed by atoms with E-state index in [0.29, 0.717) is 13.2 Å². The van der Waals surface area contributed by atoms with E-state index >= 15 is 0 Å². The van der Waals surface area contributed by atoms with Crippen LogP contribution in [-0.4, -0.2) is 54.6 Å². The molecule has 0 radical (unpaired) electrons. The van der Waals surface area contributed by atoms with Crippen LogP contribution >= 0.6 is 0 Å². The Kier molecular flexibility index (Phi) is 8.41. The van der Waals surface area contributed by atoms with Gasteiger partial charge in [0, 0.05) is 52.4 Å². The summed E-state index contributed by atoms with van der Waals surface area (Å²) in [5.74, 6) is 1.77. The summed E-state index contributed by atoms with van der Waals surface area (Å²) in [5, 5.41) is 18.0. The van der Waals surface area contributed by atoms with Crippen LogP contribution in [-0.2, 0) is 24.2 Å². The van der Waals surface area contributed by atoms with Crippen LogP contribution in [0, 0.1) is 0 Å². The van der Waals surface area contributed by atoms with Crippen LogP contribution < -0.4 is 16.0 Å². The molecule has 142 valence electrons. The van der Waals surface area contributed by atoms with Crippen LogP contribution in [0.1, 0.15) is 18.3 Å². The molecule has 3 N–H and O–H groups in total. The number of aryl methyl sites for hydroxylation is 1. The van der Waals surface area contributed by atoms with Gasteiger partial charge in [0.1, 0.15) is 12.2 Å². The predicted molar refractivity (Wildman–Crippen MR) is 104 cm³/mol. The largest absolute Gasteiger partial charge is 0.383 e. The highest BCUT2D eigenvalue weighted by Gasteiger charge is 2.02. The Morgan fingerprint density at radius 1 is 1.19 bits per heavy atom. The molecule has 1 heterocycles. The van der Waals surface area contributed by atoms with E-state index in [4.69, 9.17) is 4.74 Å². The van der Waals surface area contributed by atoms with Crippen molar-refractivity contribution >= 4 is 11.6 Å². The van der Waals surface area contributed by atoms with E-state index in [1.54, 1.807) is 20.5 Å². The minimum absolute atomic E-state index is 0.695. The standard InChI is InChI=1S/C18H29N7O/c1-4-17-24-23-14-25(17)11-9-21-18(19-2)22-13-15-5-7-16(8-6-15)20-10-12-26-3/h5-8,14,20H,4,9-13H2,1-3H3,(H2,19,21,22). The summed E-state index contributed by atoms with van der Waals surface area (Å²) in [6, 6.07) is 8.34. The highest BCUT2D eigenvalue weighted by Crippen LogP contribution is 2.09. The number of hydrogen-bond acceptors (Lipinski definition) is 5. The smallest absolute Gasteiger partial charge is 0.191 e. The van der Waals surface area contributed by atoms with Gasteiger partial charge in [0.05, 0.1) is 6.61 Å². The second-order valence-electron chi connectivity index (χ2n) is 5.76. The molecule has 0 amide bonds. The first-order valence-corrected chi connectivity index (χ1v) is 8.89. The molecule has 1 aromatic carbocycles. The molecule has 2 aromatic rings. The molecule has 0 saturated carbocycles. The summed E-state index contributed by atoms with van der Waals surface area (Å²) < 4.78 is 7.08. The van der Waals surface area contributed by atoms with Crippen molar-refractivity contribution in [3.05, 3.63) is 42.0 Å². The van der Waals surface area contributed by atoms with Gasteiger partial charge in [0.2, 0.25) is 0 Å². The van der Waals surface area contributed by atoms with Crippen molar-refractivity contribution in [3.63, 3.8) is 0 Å². The third kappa shape index (κ3) is 6.36. The van der Waals surface area contributed by atoms with Crippen molar-refractivity contribution in [2.45, 2.75) is 26.4 Å². The number of nitrogens with zero attached hydrogens (tertiary/aromatic N) is 4. The van der Waals surface area contributed by atoms with Gasteiger partial charge in [-0.05, 0) is 17.7 Å². The lowest BCUT2D eigenvalue weighted by Crippen LogP contribution is -2.38. The van der Waals surface area contributed by atoms with Crippen LogP contribution in [0.15, 0.2) is 35.6 Å². The Morgan fingerprint density at radius 2 is 2.00 bits per heavy atom. The maximum atomic E-state index is 5.03. The fourth-order valence-electron chi connectivity index (χ4n) is 2.48. The molecule has 0 atom stereocenters. The average Bonchev–Trinajstić information content (AvgIpc) is 3.13. The summed E-state index contributed by atoms with van der Waals surface area (Å²) in [6.45, 7) is 5.85. The molecule has 0 unspecified atom stereocenters. The molecular weight excluding hydrogens is 330 g/mol. The van der Waals surface area contributed by atoms with Gasteiger partial charge in [-0.3, -0.25) is 4.99 Å². The number of anilines is 1. The summed E-state index contributed by atoms with van der Waals surface area (Å²) in [4.78, 5) is 4.26. The first-order chi connectivity index (χ1) is 12.8. The normalized spacial score (nSPS) is 11.4. The van der Waals surface area contributed by atoms with Gasteiger partial charge in [0.15, 0.2) is 5.96 Å². The van der Waals surface area contributed by atoms with E-state index < -0.39 is 0 Å². The molecule has 0 bridgehead atoms. The van der Waals surface area contributed by atoms with Crippen LogP contribution in [0.5, 0.6) is 0 Å². The summed E-state index contributed by atoms with van der Waals surface area (Å²) in [6.07, 6.45) is 2.64. The quantitative estimate of drug-likeness (QED) is 0.336. The number of rotatable bonds is 10. The zero-order chi connectivity index (χ0) is 18.6. The summed E-state index contributed by atoms with van der Waals surface area (Å²) >= 11 is 0. The maximum Gasteiger partial charge on any atom is 0.191 e. The fraction of sp³-hybridized carbons (Fsp3) is 0.500. The molecule has 0 saturated heterocycles. The van der Waals surface area contributed by atoms with E-state index in [1.165, 1.54) is 5.56 Å². The lowest BCUT2D eigenvalue weighted by Gasteiger charge is -2.13. The van der Waals surface area contributed by atoms with Crippen molar-refractivity contribution in [1.29, 1.82) is 0 Å². The van der Waals surface area contributed by atoms with Crippen molar-refractivity contribution in [1.82, 2.24) is 25.4 Å². The first-order valence-electron chi connectivity index (χ1n) is 8.89. The number of guanidine groups is 1. The zero-order valence-corrected chi connectivity index (χ0v) is 15.8. The number of aliphatic imine (C=N–C) groups is 1. The molecule has 0 aliphatic rings. The van der Waals surface area contributed by atoms with Gasteiger partial charge in [-0.15, -0.1) is 10.2 Å². The number of nitrogens with one attached hydrogen (secondary N) is 3. The van der Waals surface area contributed by atoms with Crippen molar-refractivity contribution < 1.29 is 4.74 Å². The van der Waals surface area contributed by atoms with Gasteiger partial charge >= 0.3 is 0 Å². The highest BCUT2D eigenvalue weighted by atomic mass is 16.5. The SMILES string of the molecule is CCc1nncn1CCNC(=NC)NCc1ccc(NCCOC)cc1. The van der Waals surface area contributed by atoms with Crippen LogP contribution in [0.3, 0.4) is 0 Å². The predicted octanol–water partition coefficient (Wildman–Crippen LogP) is 1.26. The van der Waals surface area contributed by atoms with E-state index in [2.05, 4.69) is 66.9 Å². The van der Waals surface area contributed by atoms with Gasteiger partial charge in [-0.2, -0.15) is 0 Å². The third-order valence-corrected chi connectivity index (χ3v) is 3.93.